The number of nitrogens with one attached hydrogen (secondary N) is 1. The van der Waals surface area contributed by atoms with Gasteiger partial charge in [0.05, 0.1) is 11.3 Å². The maximum absolute atomic E-state index is 4.74. The highest BCUT2D eigenvalue weighted by atomic mass is 15.1. The number of nitrogens with zero attached hydrogens (tertiary/aromatic N) is 2. The fourth-order valence-electron chi connectivity index (χ4n) is 3.97. The van der Waals surface area contributed by atoms with Gasteiger partial charge in [-0.2, -0.15) is 0 Å². The minimum Gasteiger partial charge on any atom is -0.372 e. The lowest BCUT2D eigenvalue weighted by Gasteiger charge is -2.24. The number of rotatable bonds is 4. The van der Waals surface area contributed by atoms with E-state index in [9.17, 15) is 0 Å². The van der Waals surface area contributed by atoms with Gasteiger partial charge in [0.2, 0.25) is 11.4 Å². The molecule has 132 valence electrons. The molecule has 1 aliphatic heterocycles. The molecule has 0 unspecified atom stereocenters. The number of hydrogen-bond donors (Lipinski definition) is 1. The molecule has 0 radical (unpaired) electrons. The topological polar surface area (TPSA) is 29.6 Å². The van der Waals surface area contributed by atoms with Crippen molar-refractivity contribution < 1.29 is 4.99 Å². The van der Waals surface area contributed by atoms with Crippen molar-refractivity contribution in [3.63, 3.8) is 0 Å². The molecule has 4 rings (SSSR count). The number of benzene rings is 2. The third-order valence-corrected chi connectivity index (χ3v) is 5.29. The van der Waals surface area contributed by atoms with E-state index in [0.29, 0.717) is 0 Å². The van der Waals surface area contributed by atoms with Gasteiger partial charge in [0, 0.05) is 54.5 Å². The largest absolute Gasteiger partial charge is 0.372 e. The molecule has 0 saturated carbocycles. The van der Waals surface area contributed by atoms with E-state index < -0.39 is 0 Å². The second-order valence-electron chi connectivity index (χ2n) is 6.77. The van der Waals surface area contributed by atoms with E-state index in [2.05, 4.69) is 79.2 Å². The Labute approximate surface area is 155 Å². The average Bonchev–Trinajstić information content (AvgIpc) is 2.68. The maximum atomic E-state index is 4.74. The molecule has 2 aromatic rings. The quantitative estimate of drug-likeness (QED) is 0.908. The molecule has 3 nitrogen and oxygen atoms in total. The summed E-state index contributed by atoms with van der Waals surface area (Å²) >= 11 is 0. The van der Waals surface area contributed by atoms with Crippen LogP contribution in [0.5, 0.6) is 0 Å². The van der Waals surface area contributed by atoms with Gasteiger partial charge in [0.1, 0.15) is 0 Å². The number of aliphatic imine (C=N–C) groups is 1. The summed E-state index contributed by atoms with van der Waals surface area (Å²) in [4.78, 5) is 10.8. The summed E-state index contributed by atoms with van der Waals surface area (Å²) < 4.78 is 0. The first-order chi connectivity index (χ1) is 12.7. The lowest BCUT2D eigenvalue weighted by atomic mass is 9.83. The predicted octanol–water partition coefficient (Wildman–Crippen LogP) is 3.04. The van der Waals surface area contributed by atoms with Crippen molar-refractivity contribution in [3.8, 4) is 0 Å². The molecule has 0 spiro atoms. The summed E-state index contributed by atoms with van der Waals surface area (Å²) in [6, 6.07) is 15.4. The van der Waals surface area contributed by atoms with Crippen LogP contribution in [0.2, 0.25) is 0 Å². The van der Waals surface area contributed by atoms with Crippen molar-refractivity contribution in [2.24, 2.45) is 4.99 Å². The summed E-state index contributed by atoms with van der Waals surface area (Å²) in [5.41, 5.74) is 10.0. The average molecular weight is 344 g/mol. The first kappa shape index (κ1) is 16.8. The Kier molecular flexibility index (Phi) is 4.46. The fraction of sp³-hybridized carbons (Fsp3) is 0.304. The predicted molar refractivity (Wildman–Crippen MR) is 110 cm³/mol. The molecule has 0 aromatic heterocycles. The van der Waals surface area contributed by atoms with E-state index in [1.807, 2.05) is 0 Å². The van der Waals surface area contributed by atoms with Crippen LogP contribution in [0.4, 0.5) is 11.4 Å². The molecule has 2 aliphatic rings. The van der Waals surface area contributed by atoms with Crippen LogP contribution in [-0.4, -0.2) is 31.1 Å². The lowest BCUT2D eigenvalue weighted by Crippen LogP contribution is -2.70. The highest BCUT2D eigenvalue weighted by Gasteiger charge is 2.31. The monoisotopic (exact) mass is 344 g/mol. The number of fused-ring (bicyclic) bond motifs is 4. The van der Waals surface area contributed by atoms with Gasteiger partial charge in [0.15, 0.2) is 0 Å². The zero-order valence-corrected chi connectivity index (χ0v) is 15.8. The Bertz CT molecular complexity index is 930. The van der Waals surface area contributed by atoms with Crippen LogP contribution in [0.25, 0.3) is 0 Å². The van der Waals surface area contributed by atoms with Gasteiger partial charge in [-0.25, -0.2) is 4.99 Å². The molecule has 0 amide bonds. The molecular weight excluding hydrogens is 318 g/mol. The lowest BCUT2D eigenvalue weighted by molar-refractivity contribution is -0.355. The molecule has 3 heteroatoms. The van der Waals surface area contributed by atoms with Crippen LogP contribution in [-0.2, 0) is 6.42 Å². The van der Waals surface area contributed by atoms with Gasteiger partial charge >= 0.3 is 0 Å². The van der Waals surface area contributed by atoms with Crippen LogP contribution in [0.3, 0.4) is 0 Å². The SMILES string of the molecule is CCN=C1C=C2Cc3cc(N(CC)CC)ccc3[NH+]=C2c2ccccc21. The number of allylic oxidation sites excluding steroid dienone is 2. The Morgan fingerprint density at radius 1 is 1.00 bits per heavy atom. The van der Waals surface area contributed by atoms with Gasteiger partial charge < -0.3 is 4.90 Å². The molecule has 0 fully saturated rings. The summed E-state index contributed by atoms with van der Waals surface area (Å²) in [5, 5.41) is 0. The van der Waals surface area contributed by atoms with Gasteiger partial charge in [-0.3, -0.25) is 4.99 Å². The number of anilines is 1. The van der Waals surface area contributed by atoms with E-state index in [1.54, 1.807) is 0 Å². The minimum atomic E-state index is 0.804. The van der Waals surface area contributed by atoms with E-state index in [-0.39, 0.29) is 0 Å². The molecule has 0 saturated heterocycles. The van der Waals surface area contributed by atoms with Crippen LogP contribution in [0.1, 0.15) is 37.5 Å². The zero-order valence-electron chi connectivity index (χ0n) is 15.8. The fourth-order valence-corrected chi connectivity index (χ4v) is 3.97. The van der Waals surface area contributed by atoms with Crippen LogP contribution in [0.15, 0.2) is 59.1 Å². The normalized spacial score (nSPS) is 16.3. The number of hydrogen-bond acceptors (Lipinski definition) is 2. The second-order valence-corrected chi connectivity index (χ2v) is 6.77. The van der Waals surface area contributed by atoms with Crippen LogP contribution < -0.4 is 9.89 Å². The van der Waals surface area contributed by atoms with E-state index in [1.165, 1.54) is 39.3 Å². The molecule has 1 heterocycles. The Morgan fingerprint density at radius 2 is 1.77 bits per heavy atom. The van der Waals surface area contributed by atoms with Crippen molar-refractivity contribution in [2.75, 3.05) is 24.5 Å². The Balaban J connectivity index is 1.83. The summed E-state index contributed by atoms with van der Waals surface area (Å²) in [5.74, 6) is 0. The van der Waals surface area contributed by atoms with Crippen LogP contribution in [0, 0.1) is 0 Å². The van der Waals surface area contributed by atoms with Gasteiger partial charge in [0.25, 0.3) is 0 Å². The minimum absolute atomic E-state index is 0.804. The van der Waals surface area contributed by atoms with Gasteiger partial charge in [-0.15, -0.1) is 0 Å². The van der Waals surface area contributed by atoms with Crippen molar-refractivity contribution >= 4 is 22.8 Å². The van der Waals surface area contributed by atoms with Crippen molar-refractivity contribution in [1.29, 1.82) is 0 Å². The second kappa shape index (κ2) is 6.91. The first-order valence-electron chi connectivity index (χ1n) is 9.62. The smallest absolute Gasteiger partial charge is 0.215 e. The standard InChI is InChI=1S/C23H25N3/c1-4-24-22-15-17-13-16-14-18(26(5-2)6-3)11-12-21(16)25-23(17)20-10-8-7-9-19(20)22/h7-12,14-15H,4-6,13H2,1-3H3/p+1. The summed E-state index contributed by atoms with van der Waals surface area (Å²) in [7, 11) is 0. The van der Waals surface area contributed by atoms with Crippen LogP contribution >= 0.6 is 0 Å². The summed E-state index contributed by atoms with van der Waals surface area (Å²) in [6.45, 7) is 9.38. The molecule has 1 aliphatic carbocycles. The van der Waals surface area contributed by atoms with Crippen molar-refractivity contribution in [3.05, 3.63) is 70.8 Å². The molecule has 0 bridgehead atoms. The van der Waals surface area contributed by atoms with E-state index >= 15 is 0 Å². The Hall–Kier alpha value is -2.68. The summed E-state index contributed by atoms with van der Waals surface area (Å²) in [6.07, 6.45) is 3.21. The molecular formula is C23H26N3+. The van der Waals surface area contributed by atoms with Crippen molar-refractivity contribution in [2.45, 2.75) is 27.2 Å². The first-order valence-corrected chi connectivity index (χ1v) is 9.62. The zero-order chi connectivity index (χ0) is 18.1. The third-order valence-electron chi connectivity index (χ3n) is 5.29. The third kappa shape index (κ3) is 2.78. The highest BCUT2D eigenvalue weighted by molar-refractivity contribution is 6.26. The molecule has 26 heavy (non-hydrogen) atoms. The molecule has 1 N–H and O–H groups in total. The van der Waals surface area contributed by atoms with Gasteiger partial charge in [-0.1, -0.05) is 18.2 Å². The Morgan fingerprint density at radius 3 is 2.50 bits per heavy atom. The molecule has 0 atom stereocenters. The van der Waals surface area contributed by atoms with Crippen molar-refractivity contribution in [1.82, 2.24) is 0 Å². The van der Waals surface area contributed by atoms with E-state index in [4.69, 9.17) is 4.99 Å². The molecule has 2 aromatic carbocycles. The van der Waals surface area contributed by atoms with Gasteiger partial charge in [-0.05, 0) is 45.0 Å². The maximum Gasteiger partial charge on any atom is 0.215 e. The van der Waals surface area contributed by atoms with E-state index in [0.717, 1.165) is 31.8 Å². The highest BCUT2D eigenvalue weighted by Crippen LogP contribution is 2.29.